The predicted molar refractivity (Wildman–Crippen MR) is 74.1 cm³/mol. The summed E-state index contributed by atoms with van der Waals surface area (Å²) in [7, 11) is 1.71. The fourth-order valence-corrected chi connectivity index (χ4v) is 1.98. The molecule has 0 radical (unpaired) electrons. The van der Waals surface area contributed by atoms with Gasteiger partial charge in [-0.15, -0.1) is 0 Å². The molecule has 1 heterocycles. The molecule has 0 amide bonds. The summed E-state index contributed by atoms with van der Waals surface area (Å²) in [5.41, 5.74) is 2.54. The fraction of sp³-hybridized carbons (Fsp3) is 0.786. The van der Waals surface area contributed by atoms with Crippen LogP contribution < -0.4 is 5.32 Å². The molecular formula is C14H25N3O2. The van der Waals surface area contributed by atoms with Crippen molar-refractivity contribution < 1.29 is 9.47 Å². The lowest BCUT2D eigenvalue weighted by molar-refractivity contribution is 0.0958. The zero-order valence-electron chi connectivity index (χ0n) is 12.0. The van der Waals surface area contributed by atoms with Gasteiger partial charge in [0.15, 0.2) is 0 Å². The molecule has 108 valence electrons. The number of nitrogens with zero attached hydrogens (tertiary/aromatic N) is 2. The Labute approximate surface area is 115 Å². The standard InChI is InChI=1S/C14H25N3O2/c1-12-13(10-15-14-4-5-14)11-16-17(12)6-9-19-8-3-7-18-2/h11,14-15H,3-10H2,1-2H3. The molecule has 0 aromatic carbocycles. The van der Waals surface area contributed by atoms with Gasteiger partial charge in [0.05, 0.1) is 19.3 Å². The third-order valence-corrected chi connectivity index (χ3v) is 3.45. The lowest BCUT2D eigenvalue weighted by Crippen LogP contribution is -2.16. The maximum absolute atomic E-state index is 5.56. The molecule has 1 aliphatic rings. The number of hydrogen-bond donors (Lipinski definition) is 1. The van der Waals surface area contributed by atoms with Gasteiger partial charge < -0.3 is 14.8 Å². The van der Waals surface area contributed by atoms with Crippen molar-refractivity contribution in [3.05, 3.63) is 17.5 Å². The number of aromatic nitrogens is 2. The first-order chi connectivity index (χ1) is 9.31. The van der Waals surface area contributed by atoms with Gasteiger partial charge in [0.2, 0.25) is 0 Å². The maximum atomic E-state index is 5.56. The molecule has 1 fully saturated rings. The average Bonchev–Trinajstić information content (AvgIpc) is 3.18. The van der Waals surface area contributed by atoms with Gasteiger partial charge in [-0.3, -0.25) is 4.68 Å². The smallest absolute Gasteiger partial charge is 0.0662 e. The lowest BCUT2D eigenvalue weighted by Gasteiger charge is -2.07. The molecule has 1 aromatic rings. The van der Waals surface area contributed by atoms with E-state index in [0.717, 1.165) is 38.8 Å². The van der Waals surface area contributed by atoms with Crippen molar-refractivity contribution >= 4 is 0 Å². The van der Waals surface area contributed by atoms with Gasteiger partial charge in [0, 0.05) is 44.2 Å². The second-order valence-corrected chi connectivity index (χ2v) is 5.09. The summed E-state index contributed by atoms with van der Waals surface area (Å²) in [5, 5.41) is 7.94. The van der Waals surface area contributed by atoms with Gasteiger partial charge in [-0.2, -0.15) is 5.10 Å². The first-order valence-electron chi connectivity index (χ1n) is 7.12. The number of rotatable bonds is 10. The number of ether oxygens (including phenoxy) is 2. The van der Waals surface area contributed by atoms with Crippen LogP contribution in [0.1, 0.15) is 30.5 Å². The quantitative estimate of drug-likeness (QED) is 0.653. The Kier molecular flexibility index (Phi) is 5.82. The zero-order valence-corrected chi connectivity index (χ0v) is 12.0. The molecule has 0 atom stereocenters. The van der Waals surface area contributed by atoms with Gasteiger partial charge in [0.1, 0.15) is 0 Å². The van der Waals surface area contributed by atoms with Crippen LogP contribution in [-0.4, -0.2) is 42.8 Å². The maximum Gasteiger partial charge on any atom is 0.0662 e. The van der Waals surface area contributed by atoms with E-state index < -0.39 is 0 Å². The molecule has 1 saturated carbocycles. The number of hydrogen-bond acceptors (Lipinski definition) is 4. The van der Waals surface area contributed by atoms with E-state index in [9.17, 15) is 0 Å². The highest BCUT2D eigenvalue weighted by Crippen LogP contribution is 2.19. The Bertz CT molecular complexity index is 375. The third-order valence-electron chi connectivity index (χ3n) is 3.45. The second-order valence-electron chi connectivity index (χ2n) is 5.09. The molecule has 0 aliphatic heterocycles. The van der Waals surface area contributed by atoms with Crippen LogP contribution in [-0.2, 0) is 22.6 Å². The number of methoxy groups -OCH3 is 1. The number of nitrogens with one attached hydrogen (secondary N) is 1. The highest BCUT2D eigenvalue weighted by atomic mass is 16.5. The summed E-state index contributed by atoms with van der Waals surface area (Å²) in [6.07, 6.45) is 5.56. The molecule has 1 aromatic heterocycles. The molecule has 2 rings (SSSR count). The normalized spacial score (nSPS) is 15.1. The van der Waals surface area contributed by atoms with Crippen LogP contribution in [0.5, 0.6) is 0 Å². The van der Waals surface area contributed by atoms with Crippen LogP contribution in [0.2, 0.25) is 0 Å². The molecule has 0 bridgehead atoms. The lowest BCUT2D eigenvalue weighted by atomic mass is 10.2. The van der Waals surface area contributed by atoms with Gasteiger partial charge in [-0.25, -0.2) is 0 Å². The van der Waals surface area contributed by atoms with E-state index in [4.69, 9.17) is 9.47 Å². The molecule has 1 N–H and O–H groups in total. The summed E-state index contributed by atoms with van der Waals surface area (Å²) in [4.78, 5) is 0. The Balaban J connectivity index is 1.65. The molecule has 0 spiro atoms. The summed E-state index contributed by atoms with van der Waals surface area (Å²) in [5.74, 6) is 0. The van der Waals surface area contributed by atoms with Crippen LogP contribution in [0.4, 0.5) is 0 Å². The fourth-order valence-electron chi connectivity index (χ4n) is 1.98. The van der Waals surface area contributed by atoms with E-state index >= 15 is 0 Å². The highest BCUT2D eigenvalue weighted by Gasteiger charge is 2.20. The summed E-state index contributed by atoms with van der Waals surface area (Å²) >= 11 is 0. The van der Waals surface area contributed by atoms with Gasteiger partial charge >= 0.3 is 0 Å². The van der Waals surface area contributed by atoms with Crippen molar-refractivity contribution in [3.8, 4) is 0 Å². The molecule has 5 nitrogen and oxygen atoms in total. The monoisotopic (exact) mass is 267 g/mol. The molecule has 19 heavy (non-hydrogen) atoms. The van der Waals surface area contributed by atoms with E-state index in [1.807, 2.05) is 10.9 Å². The van der Waals surface area contributed by atoms with Crippen LogP contribution in [0, 0.1) is 6.92 Å². The van der Waals surface area contributed by atoms with Gasteiger partial charge in [0.25, 0.3) is 0 Å². The largest absolute Gasteiger partial charge is 0.385 e. The first-order valence-corrected chi connectivity index (χ1v) is 7.12. The minimum atomic E-state index is 0.710. The van der Waals surface area contributed by atoms with Crippen molar-refractivity contribution in [3.63, 3.8) is 0 Å². The summed E-state index contributed by atoms with van der Waals surface area (Å²) in [6.45, 7) is 6.11. The van der Waals surface area contributed by atoms with Gasteiger partial charge in [-0.1, -0.05) is 0 Å². The van der Waals surface area contributed by atoms with Crippen LogP contribution in [0.3, 0.4) is 0 Å². The highest BCUT2D eigenvalue weighted by molar-refractivity contribution is 5.16. The van der Waals surface area contributed by atoms with E-state index in [1.54, 1.807) is 7.11 Å². The summed E-state index contributed by atoms with van der Waals surface area (Å²) < 4.78 is 12.6. The van der Waals surface area contributed by atoms with Crippen molar-refractivity contribution in [2.45, 2.75) is 45.3 Å². The van der Waals surface area contributed by atoms with Crippen molar-refractivity contribution in [2.75, 3.05) is 26.9 Å². The molecule has 1 aliphatic carbocycles. The Morgan fingerprint density at radius 3 is 2.95 bits per heavy atom. The molecule has 0 saturated heterocycles. The zero-order chi connectivity index (χ0) is 13.5. The van der Waals surface area contributed by atoms with E-state index in [-0.39, 0.29) is 0 Å². The molecule has 5 heteroatoms. The first kappa shape index (κ1) is 14.5. The minimum Gasteiger partial charge on any atom is -0.385 e. The topological polar surface area (TPSA) is 48.3 Å². The molecular weight excluding hydrogens is 242 g/mol. The SMILES string of the molecule is COCCCOCCn1ncc(CNC2CC2)c1C. The predicted octanol–water partition coefficient (Wildman–Crippen LogP) is 1.50. The third kappa shape index (κ3) is 4.93. The Hall–Kier alpha value is -0.910. The van der Waals surface area contributed by atoms with Crippen LogP contribution in [0.15, 0.2) is 6.20 Å². The Morgan fingerprint density at radius 1 is 1.37 bits per heavy atom. The average molecular weight is 267 g/mol. The van der Waals surface area contributed by atoms with Crippen LogP contribution >= 0.6 is 0 Å². The summed E-state index contributed by atoms with van der Waals surface area (Å²) in [6, 6.07) is 0.742. The molecule has 0 unspecified atom stereocenters. The van der Waals surface area contributed by atoms with E-state index in [2.05, 4.69) is 17.3 Å². The van der Waals surface area contributed by atoms with Crippen LogP contribution in [0.25, 0.3) is 0 Å². The Morgan fingerprint density at radius 2 is 2.21 bits per heavy atom. The van der Waals surface area contributed by atoms with Crippen molar-refractivity contribution in [2.24, 2.45) is 0 Å². The minimum absolute atomic E-state index is 0.710. The van der Waals surface area contributed by atoms with Gasteiger partial charge in [-0.05, 0) is 26.2 Å². The van der Waals surface area contributed by atoms with E-state index in [0.29, 0.717) is 6.61 Å². The van der Waals surface area contributed by atoms with Crippen molar-refractivity contribution in [1.29, 1.82) is 0 Å². The van der Waals surface area contributed by atoms with Crippen molar-refractivity contribution in [1.82, 2.24) is 15.1 Å². The second kappa shape index (κ2) is 7.62. The van der Waals surface area contributed by atoms with E-state index in [1.165, 1.54) is 24.1 Å².